The lowest BCUT2D eigenvalue weighted by Crippen LogP contribution is -2.22. The summed E-state index contributed by atoms with van der Waals surface area (Å²) in [6, 6.07) is 7.57. The van der Waals surface area contributed by atoms with Crippen molar-refractivity contribution in [2.24, 2.45) is 5.73 Å². The van der Waals surface area contributed by atoms with Crippen molar-refractivity contribution in [2.75, 3.05) is 11.9 Å². The highest BCUT2D eigenvalue weighted by Crippen LogP contribution is 2.36. The van der Waals surface area contributed by atoms with Gasteiger partial charge in [0, 0.05) is 23.5 Å². The van der Waals surface area contributed by atoms with Gasteiger partial charge in [0.15, 0.2) is 0 Å². The van der Waals surface area contributed by atoms with Crippen LogP contribution in [0.3, 0.4) is 0 Å². The molecule has 2 aromatic rings. The highest BCUT2D eigenvalue weighted by molar-refractivity contribution is 6.35. The van der Waals surface area contributed by atoms with Gasteiger partial charge in [0.1, 0.15) is 5.82 Å². The predicted octanol–water partition coefficient (Wildman–Crippen LogP) is 2.84. The van der Waals surface area contributed by atoms with E-state index in [0.29, 0.717) is 17.4 Å². The fourth-order valence-electron chi connectivity index (χ4n) is 2.24. The number of nitrogens with one attached hydrogen (secondary N) is 1. The zero-order chi connectivity index (χ0) is 14.3. The topological polar surface area (TPSA) is 71.2 Å². The first kappa shape index (κ1) is 13.6. The molecule has 4 N–H and O–H groups in total. The molecule has 0 amide bonds. The van der Waals surface area contributed by atoms with E-state index < -0.39 is 5.60 Å². The SMILES string of the molecule is C[C@H](N)c1cc2cccc(Cl)c2nc1NCC1(O)CC1. The monoisotopic (exact) mass is 291 g/mol. The average molecular weight is 292 g/mol. The van der Waals surface area contributed by atoms with Gasteiger partial charge in [-0.1, -0.05) is 23.7 Å². The van der Waals surface area contributed by atoms with E-state index in [0.717, 1.165) is 29.3 Å². The molecule has 5 heteroatoms. The lowest BCUT2D eigenvalue weighted by atomic mass is 10.1. The van der Waals surface area contributed by atoms with E-state index >= 15 is 0 Å². The Kier molecular flexibility index (Phi) is 3.32. The molecule has 0 unspecified atom stereocenters. The number of benzene rings is 1. The van der Waals surface area contributed by atoms with Gasteiger partial charge < -0.3 is 16.2 Å². The lowest BCUT2D eigenvalue weighted by Gasteiger charge is -2.17. The maximum atomic E-state index is 9.94. The second-order valence-electron chi connectivity index (χ2n) is 5.60. The number of para-hydroxylation sites is 1. The third kappa shape index (κ3) is 2.59. The number of hydrogen-bond donors (Lipinski definition) is 3. The van der Waals surface area contributed by atoms with Crippen molar-refractivity contribution in [3.05, 3.63) is 34.9 Å². The third-order valence-corrected chi connectivity index (χ3v) is 4.03. The Labute approximate surface area is 123 Å². The third-order valence-electron chi connectivity index (χ3n) is 3.73. The van der Waals surface area contributed by atoms with Crippen LogP contribution in [0.5, 0.6) is 0 Å². The molecule has 106 valence electrons. The molecular formula is C15H18ClN3O. The maximum Gasteiger partial charge on any atom is 0.131 e. The molecule has 1 fully saturated rings. The number of nitrogens with two attached hydrogens (primary N) is 1. The number of rotatable bonds is 4. The van der Waals surface area contributed by atoms with Crippen molar-refractivity contribution >= 4 is 28.3 Å². The molecule has 0 radical (unpaired) electrons. The second-order valence-corrected chi connectivity index (χ2v) is 6.01. The van der Waals surface area contributed by atoms with Crippen LogP contribution in [0.2, 0.25) is 5.02 Å². The van der Waals surface area contributed by atoms with Crippen molar-refractivity contribution < 1.29 is 5.11 Å². The van der Waals surface area contributed by atoms with Gasteiger partial charge in [-0.15, -0.1) is 0 Å². The van der Waals surface area contributed by atoms with Gasteiger partial charge in [-0.05, 0) is 31.9 Å². The summed E-state index contributed by atoms with van der Waals surface area (Å²) < 4.78 is 0. The van der Waals surface area contributed by atoms with Crippen LogP contribution in [0, 0.1) is 0 Å². The number of pyridine rings is 1. The largest absolute Gasteiger partial charge is 0.388 e. The zero-order valence-electron chi connectivity index (χ0n) is 11.4. The van der Waals surface area contributed by atoms with Crippen molar-refractivity contribution in [3.63, 3.8) is 0 Å². The number of halogens is 1. The maximum absolute atomic E-state index is 9.94. The van der Waals surface area contributed by atoms with Crippen LogP contribution < -0.4 is 11.1 Å². The second kappa shape index (κ2) is 4.88. The van der Waals surface area contributed by atoms with E-state index in [1.54, 1.807) is 0 Å². The molecule has 0 aliphatic heterocycles. The Balaban J connectivity index is 2.02. The summed E-state index contributed by atoms with van der Waals surface area (Å²) in [6.07, 6.45) is 1.67. The Hall–Kier alpha value is -1.36. The Morgan fingerprint density at radius 3 is 2.90 bits per heavy atom. The zero-order valence-corrected chi connectivity index (χ0v) is 12.1. The van der Waals surface area contributed by atoms with Crippen molar-refractivity contribution in [1.82, 2.24) is 4.98 Å². The normalized spacial score (nSPS) is 18.0. The van der Waals surface area contributed by atoms with Crippen LogP contribution in [0.25, 0.3) is 10.9 Å². The summed E-state index contributed by atoms with van der Waals surface area (Å²) in [6.45, 7) is 2.42. The van der Waals surface area contributed by atoms with Crippen molar-refractivity contribution in [1.29, 1.82) is 0 Å². The van der Waals surface area contributed by atoms with E-state index in [4.69, 9.17) is 17.3 Å². The molecule has 20 heavy (non-hydrogen) atoms. The van der Waals surface area contributed by atoms with Gasteiger partial charge in [0.25, 0.3) is 0 Å². The quantitative estimate of drug-likeness (QED) is 0.810. The van der Waals surface area contributed by atoms with Crippen molar-refractivity contribution in [3.8, 4) is 0 Å². The highest BCUT2D eigenvalue weighted by atomic mass is 35.5. The molecule has 3 rings (SSSR count). The van der Waals surface area contributed by atoms with Crippen LogP contribution in [0.1, 0.15) is 31.4 Å². The molecule has 1 aromatic carbocycles. The van der Waals surface area contributed by atoms with Crippen LogP contribution in [-0.4, -0.2) is 22.2 Å². The fraction of sp³-hybridized carbons (Fsp3) is 0.400. The van der Waals surface area contributed by atoms with Gasteiger partial charge in [0.2, 0.25) is 0 Å². The van der Waals surface area contributed by atoms with Gasteiger partial charge in [-0.3, -0.25) is 0 Å². The molecule has 1 atom stereocenters. The molecule has 0 saturated heterocycles. The molecule has 0 bridgehead atoms. The van der Waals surface area contributed by atoms with Gasteiger partial charge in [-0.2, -0.15) is 0 Å². The first-order valence-electron chi connectivity index (χ1n) is 6.79. The number of aromatic nitrogens is 1. The van der Waals surface area contributed by atoms with Crippen molar-refractivity contribution in [2.45, 2.75) is 31.4 Å². The van der Waals surface area contributed by atoms with E-state index in [-0.39, 0.29) is 6.04 Å². The predicted molar refractivity (Wildman–Crippen MR) is 82.0 cm³/mol. The smallest absolute Gasteiger partial charge is 0.131 e. The summed E-state index contributed by atoms with van der Waals surface area (Å²) >= 11 is 6.19. The van der Waals surface area contributed by atoms with Crippen LogP contribution in [0.4, 0.5) is 5.82 Å². The minimum atomic E-state index is -0.577. The highest BCUT2D eigenvalue weighted by Gasteiger charge is 2.40. The molecule has 0 spiro atoms. The molecule has 1 aromatic heterocycles. The lowest BCUT2D eigenvalue weighted by molar-refractivity contribution is 0.164. The molecule has 1 saturated carbocycles. The molecular weight excluding hydrogens is 274 g/mol. The van der Waals surface area contributed by atoms with Crippen LogP contribution >= 0.6 is 11.6 Å². The summed E-state index contributed by atoms with van der Waals surface area (Å²) in [7, 11) is 0. The van der Waals surface area contributed by atoms with Crippen LogP contribution in [-0.2, 0) is 0 Å². The summed E-state index contributed by atoms with van der Waals surface area (Å²) in [4.78, 5) is 4.59. The van der Waals surface area contributed by atoms with E-state index in [9.17, 15) is 5.11 Å². The summed E-state index contributed by atoms with van der Waals surface area (Å²) in [5.41, 5.74) is 7.13. The number of aliphatic hydroxyl groups is 1. The fourth-order valence-corrected chi connectivity index (χ4v) is 2.46. The number of nitrogens with zero attached hydrogens (tertiary/aromatic N) is 1. The number of hydrogen-bond acceptors (Lipinski definition) is 4. The first-order valence-corrected chi connectivity index (χ1v) is 7.17. The summed E-state index contributed by atoms with van der Waals surface area (Å²) in [5, 5.41) is 14.7. The van der Waals surface area contributed by atoms with Gasteiger partial charge in [0.05, 0.1) is 16.1 Å². The minimum absolute atomic E-state index is 0.137. The van der Waals surface area contributed by atoms with Gasteiger partial charge >= 0.3 is 0 Å². The molecule has 1 aliphatic carbocycles. The Morgan fingerprint density at radius 2 is 2.25 bits per heavy atom. The Morgan fingerprint density at radius 1 is 1.50 bits per heavy atom. The molecule has 1 aliphatic rings. The number of fused-ring (bicyclic) bond motifs is 1. The summed E-state index contributed by atoms with van der Waals surface area (Å²) in [5.74, 6) is 0.709. The van der Waals surface area contributed by atoms with E-state index in [2.05, 4.69) is 10.3 Å². The Bertz CT molecular complexity index is 653. The van der Waals surface area contributed by atoms with E-state index in [1.807, 2.05) is 31.2 Å². The molecule has 1 heterocycles. The molecule has 4 nitrogen and oxygen atoms in total. The van der Waals surface area contributed by atoms with E-state index in [1.165, 1.54) is 0 Å². The van der Waals surface area contributed by atoms with Gasteiger partial charge in [-0.25, -0.2) is 4.98 Å². The van der Waals surface area contributed by atoms with Crippen LogP contribution in [0.15, 0.2) is 24.3 Å². The number of anilines is 1. The first-order chi connectivity index (χ1) is 9.48. The average Bonchev–Trinajstić information content (AvgIpc) is 3.14. The standard InChI is InChI=1S/C15H18ClN3O/c1-9(17)11-7-10-3-2-4-12(16)13(10)19-14(11)18-8-15(20)5-6-15/h2-4,7,9,20H,5-6,8,17H2,1H3,(H,18,19)/t9-/m0/s1. The minimum Gasteiger partial charge on any atom is -0.388 e.